The van der Waals surface area contributed by atoms with E-state index < -0.39 is 0 Å². The monoisotopic (exact) mass is 276 g/mol. The highest BCUT2D eigenvalue weighted by Crippen LogP contribution is 2.38. The minimum Gasteiger partial charge on any atom is -0.508 e. The standard InChI is InChI=1S/C15H20N2O3/c18-12-6-10(7-13(19)8-12)14(20)17-11-2-5-16-15(9-11)3-1-4-15/h6-8,11,16,18-19H,1-5,9H2,(H,17,20). The van der Waals surface area contributed by atoms with Crippen LogP contribution in [0.2, 0.25) is 0 Å². The first-order chi connectivity index (χ1) is 9.56. The molecule has 0 aromatic heterocycles. The third-order valence-corrected chi connectivity index (χ3v) is 4.44. The molecule has 3 rings (SSSR count). The number of aromatic hydroxyl groups is 2. The number of nitrogens with one attached hydrogen (secondary N) is 2. The lowest BCUT2D eigenvalue weighted by Crippen LogP contribution is -2.59. The van der Waals surface area contributed by atoms with Crippen LogP contribution in [-0.4, -0.2) is 34.2 Å². The molecule has 1 atom stereocenters. The summed E-state index contributed by atoms with van der Waals surface area (Å²) in [7, 11) is 0. The molecule has 1 aliphatic heterocycles. The van der Waals surface area contributed by atoms with Gasteiger partial charge in [0.25, 0.3) is 5.91 Å². The van der Waals surface area contributed by atoms with Crippen LogP contribution in [0, 0.1) is 0 Å². The molecule has 0 radical (unpaired) electrons. The highest BCUT2D eigenvalue weighted by atomic mass is 16.3. The first-order valence-electron chi connectivity index (χ1n) is 7.15. The topological polar surface area (TPSA) is 81.6 Å². The molecule has 5 nitrogen and oxygen atoms in total. The van der Waals surface area contributed by atoms with Crippen LogP contribution in [0.25, 0.3) is 0 Å². The summed E-state index contributed by atoms with van der Waals surface area (Å²) >= 11 is 0. The van der Waals surface area contributed by atoms with Gasteiger partial charge >= 0.3 is 0 Å². The molecule has 1 amide bonds. The average molecular weight is 276 g/mol. The molecule has 1 heterocycles. The largest absolute Gasteiger partial charge is 0.508 e. The maximum Gasteiger partial charge on any atom is 0.251 e. The Morgan fingerprint density at radius 3 is 2.55 bits per heavy atom. The highest BCUT2D eigenvalue weighted by Gasteiger charge is 2.41. The van der Waals surface area contributed by atoms with Gasteiger partial charge in [-0.25, -0.2) is 0 Å². The lowest BCUT2D eigenvalue weighted by Gasteiger charge is -2.48. The van der Waals surface area contributed by atoms with Gasteiger partial charge in [0, 0.05) is 23.2 Å². The fourth-order valence-corrected chi connectivity index (χ4v) is 3.26. The summed E-state index contributed by atoms with van der Waals surface area (Å²) in [6.07, 6.45) is 5.51. The number of piperidine rings is 1. The van der Waals surface area contributed by atoms with Crippen molar-refractivity contribution in [3.8, 4) is 11.5 Å². The van der Waals surface area contributed by atoms with E-state index in [-0.39, 0.29) is 29.0 Å². The second kappa shape index (κ2) is 4.98. The van der Waals surface area contributed by atoms with Gasteiger partial charge in [0.1, 0.15) is 11.5 Å². The second-order valence-corrected chi connectivity index (χ2v) is 5.96. The minimum absolute atomic E-state index is 0.101. The minimum atomic E-state index is -0.238. The molecule has 2 aliphatic rings. The maximum absolute atomic E-state index is 12.2. The number of benzene rings is 1. The third kappa shape index (κ3) is 2.58. The van der Waals surface area contributed by atoms with E-state index in [1.54, 1.807) is 0 Å². The number of phenolic OH excluding ortho intramolecular Hbond substituents is 2. The third-order valence-electron chi connectivity index (χ3n) is 4.44. The van der Waals surface area contributed by atoms with Crippen molar-refractivity contribution in [2.24, 2.45) is 0 Å². The Balaban J connectivity index is 1.66. The Labute approximate surface area is 118 Å². The van der Waals surface area contributed by atoms with Gasteiger partial charge in [0.2, 0.25) is 0 Å². The van der Waals surface area contributed by atoms with Crippen LogP contribution in [0.4, 0.5) is 0 Å². The van der Waals surface area contributed by atoms with E-state index in [0.29, 0.717) is 5.56 Å². The molecule has 1 unspecified atom stereocenters. The Bertz CT molecular complexity index is 506. The molecule has 5 heteroatoms. The first kappa shape index (κ1) is 13.2. The van der Waals surface area contributed by atoms with Crippen LogP contribution in [-0.2, 0) is 0 Å². The van der Waals surface area contributed by atoms with E-state index in [1.165, 1.54) is 37.5 Å². The molecular weight excluding hydrogens is 256 g/mol. The Hall–Kier alpha value is -1.75. The van der Waals surface area contributed by atoms with E-state index in [1.807, 2.05) is 0 Å². The van der Waals surface area contributed by atoms with E-state index in [9.17, 15) is 15.0 Å². The highest BCUT2D eigenvalue weighted by molar-refractivity contribution is 5.95. The van der Waals surface area contributed by atoms with Crippen molar-refractivity contribution in [1.82, 2.24) is 10.6 Å². The van der Waals surface area contributed by atoms with Gasteiger partial charge in [-0.3, -0.25) is 4.79 Å². The fourth-order valence-electron chi connectivity index (χ4n) is 3.26. The molecule has 2 fully saturated rings. The van der Waals surface area contributed by atoms with Crippen LogP contribution in [0.15, 0.2) is 18.2 Å². The van der Waals surface area contributed by atoms with Crippen LogP contribution in [0.5, 0.6) is 11.5 Å². The Morgan fingerprint density at radius 1 is 1.25 bits per heavy atom. The number of rotatable bonds is 2. The average Bonchev–Trinajstić information content (AvgIpc) is 2.36. The number of hydrogen-bond acceptors (Lipinski definition) is 4. The van der Waals surface area contributed by atoms with Crippen LogP contribution in [0.1, 0.15) is 42.5 Å². The number of phenols is 2. The molecule has 1 saturated carbocycles. The lowest BCUT2D eigenvalue weighted by atomic mass is 9.70. The normalized spacial score (nSPS) is 24.1. The van der Waals surface area contributed by atoms with Gasteiger partial charge in [0.15, 0.2) is 0 Å². The summed E-state index contributed by atoms with van der Waals surface area (Å²) in [6, 6.07) is 4.11. The van der Waals surface area contributed by atoms with Crippen LogP contribution in [0.3, 0.4) is 0 Å². The molecule has 4 N–H and O–H groups in total. The maximum atomic E-state index is 12.2. The summed E-state index contributed by atoms with van der Waals surface area (Å²) < 4.78 is 0. The molecule has 20 heavy (non-hydrogen) atoms. The quantitative estimate of drug-likeness (QED) is 0.660. The van der Waals surface area contributed by atoms with E-state index in [2.05, 4.69) is 10.6 Å². The van der Waals surface area contributed by atoms with E-state index in [4.69, 9.17) is 0 Å². The van der Waals surface area contributed by atoms with Gasteiger partial charge in [-0.1, -0.05) is 0 Å². The van der Waals surface area contributed by atoms with Crippen molar-refractivity contribution in [1.29, 1.82) is 0 Å². The molecule has 1 aromatic carbocycles. The second-order valence-electron chi connectivity index (χ2n) is 5.96. The summed E-state index contributed by atoms with van der Waals surface area (Å²) in [4.78, 5) is 12.2. The smallest absolute Gasteiger partial charge is 0.251 e. The summed E-state index contributed by atoms with van der Waals surface area (Å²) in [6.45, 7) is 0.927. The predicted molar refractivity (Wildman–Crippen MR) is 74.8 cm³/mol. The number of carbonyl (C=O) groups is 1. The predicted octanol–water partition coefficient (Wildman–Crippen LogP) is 1.50. The van der Waals surface area contributed by atoms with Crippen molar-refractivity contribution in [3.63, 3.8) is 0 Å². The van der Waals surface area contributed by atoms with Crippen LogP contribution < -0.4 is 10.6 Å². The SMILES string of the molecule is O=C(NC1CCNC2(CCC2)C1)c1cc(O)cc(O)c1. The first-order valence-corrected chi connectivity index (χ1v) is 7.15. The van der Waals surface area contributed by atoms with E-state index in [0.717, 1.165) is 19.4 Å². The molecule has 1 aliphatic carbocycles. The Kier molecular flexibility index (Phi) is 3.30. The van der Waals surface area contributed by atoms with Crippen molar-refractivity contribution < 1.29 is 15.0 Å². The van der Waals surface area contributed by atoms with Crippen molar-refractivity contribution in [2.75, 3.05) is 6.54 Å². The number of hydrogen-bond donors (Lipinski definition) is 4. The zero-order chi connectivity index (χ0) is 14.2. The molecule has 0 bridgehead atoms. The number of carbonyl (C=O) groups excluding carboxylic acids is 1. The fraction of sp³-hybridized carbons (Fsp3) is 0.533. The summed E-state index contributed by atoms with van der Waals surface area (Å²) in [5.41, 5.74) is 0.528. The van der Waals surface area contributed by atoms with E-state index >= 15 is 0 Å². The van der Waals surface area contributed by atoms with Crippen molar-refractivity contribution in [3.05, 3.63) is 23.8 Å². The van der Waals surface area contributed by atoms with Gasteiger partial charge in [-0.15, -0.1) is 0 Å². The Morgan fingerprint density at radius 2 is 1.95 bits per heavy atom. The molecule has 108 valence electrons. The molecule has 1 saturated heterocycles. The molecular formula is C15H20N2O3. The summed E-state index contributed by atoms with van der Waals surface area (Å²) in [5.74, 6) is -0.440. The van der Waals surface area contributed by atoms with Gasteiger partial charge in [0.05, 0.1) is 0 Å². The van der Waals surface area contributed by atoms with Crippen LogP contribution >= 0.6 is 0 Å². The molecule has 1 spiro atoms. The zero-order valence-electron chi connectivity index (χ0n) is 11.4. The van der Waals surface area contributed by atoms with Gasteiger partial charge < -0.3 is 20.8 Å². The van der Waals surface area contributed by atoms with Gasteiger partial charge in [-0.2, -0.15) is 0 Å². The number of amides is 1. The molecule has 1 aromatic rings. The van der Waals surface area contributed by atoms with Crippen molar-refractivity contribution in [2.45, 2.75) is 43.7 Å². The zero-order valence-corrected chi connectivity index (χ0v) is 11.4. The van der Waals surface area contributed by atoms with Gasteiger partial charge in [-0.05, 0) is 50.8 Å². The van der Waals surface area contributed by atoms with Crippen molar-refractivity contribution >= 4 is 5.91 Å². The lowest BCUT2D eigenvalue weighted by molar-refractivity contribution is 0.0852. The summed E-state index contributed by atoms with van der Waals surface area (Å²) in [5, 5.41) is 25.4.